The molecular weight excluding hydrogens is 180 g/mol. The normalized spacial score (nSPS) is 13.9. The van der Waals surface area contributed by atoms with Crippen molar-refractivity contribution in [1.82, 2.24) is 15.0 Å². The largest absolute Gasteiger partial charge is 0.338 e. The van der Waals surface area contributed by atoms with Crippen molar-refractivity contribution in [1.29, 1.82) is 0 Å². The molecule has 1 rings (SSSR count). The van der Waals surface area contributed by atoms with Gasteiger partial charge in [0.25, 0.3) is 0 Å². The summed E-state index contributed by atoms with van der Waals surface area (Å²) in [5.41, 5.74) is 5.87. The SMILES string of the molecule is CC(C)[C@@H](N)c1nc(CN(C)C)no1. The van der Waals surface area contributed by atoms with E-state index in [4.69, 9.17) is 10.3 Å². The van der Waals surface area contributed by atoms with E-state index in [1.807, 2.05) is 32.8 Å². The minimum atomic E-state index is -0.168. The van der Waals surface area contributed by atoms with Crippen molar-refractivity contribution in [2.24, 2.45) is 11.7 Å². The molecule has 2 N–H and O–H groups in total. The summed E-state index contributed by atoms with van der Waals surface area (Å²) in [4.78, 5) is 6.21. The lowest BCUT2D eigenvalue weighted by molar-refractivity contribution is 0.316. The molecule has 0 bridgehead atoms. The summed E-state index contributed by atoms with van der Waals surface area (Å²) in [5, 5.41) is 3.85. The molecular formula is C9H18N4O. The fourth-order valence-electron chi connectivity index (χ4n) is 1.04. The van der Waals surface area contributed by atoms with Gasteiger partial charge in [-0.25, -0.2) is 0 Å². The maximum atomic E-state index is 5.87. The van der Waals surface area contributed by atoms with E-state index < -0.39 is 0 Å². The zero-order chi connectivity index (χ0) is 10.7. The summed E-state index contributed by atoms with van der Waals surface area (Å²) in [6.45, 7) is 4.73. The van der Waals surface area contributed by atoms with Crippen LogP contribution in [0.1, 0.15) is 31.6 Å². The number of hydrogen-bond acceptors (Lipinski definition) is 5. The molecule has 0 unspecified atom stereocenters. The third kappa shape index (κ3) is 2.78. The molecule has 80 valence electrons. The predicted molar refractivity (Wildman–Crippen MR) is 53.5 cm³/mol. The third-order valence-corrected chi connectivity index (χ3v) is 1.94. The molecule has 5 nitrogen and oxygen atoms in total. The van der Waals surface area contributed by atoms with Gasteiger partial charge in [-0.05, 0) is 20.0 Å². The molecule has 1 aromatic rings. The Morgan fingerprint density at radius 2 is 2.07 bits per heavy atom. The van der Waals surface area contributed by atoms with E-state index in [9.17, 15) is 0 Å². The Bertz CT molecular complexity index is 282. The highest BCUT2D eigenvalue weighted by atomic mass is 16.5. The third-order valence-electron chi connectivity index (χ3n) is 1.94. The van der Waals surface area contributed by atoms with Crippen LogP contribution in [0.5, 0.6) is 0 Å². The molecule has 1 heterocycles. The van der Waals surface area contributed by atoms with Crippen LogP contribution in [0, 0.1) is 5.92 Å². The Kier molecular flexibility index (Phi) is 3.60. The van der Waals surface area contributed by atoms with Crippen molar-refractivity contribution >= 4 is 0 Å². The number of rotatable bonds is 4. The summed E-state index contributed by atoms with van der Waals surface area (Å²) < 4.78 is 5.08. The summed E-state index contributed by atoms with van der Waals surface area (Å²) in [6.07, 6.45) is 0. The van der Waals surface area contributed by atoms with Gasteiger partial charge in [0.05, 0.1) is 12.6 Å². The number of nitrogens with zero attached hydrogens (tertiary/aromatic N) is 3. The van der Waals surface area contributed by atoms with E-state index in [1.165, 1.54) is 0 Å². The summed E-state index contributed by atoms with van der Waals surface area (Å²) in [5.74, 6) is 1.51. The van der Waals surface area contributed by atoms with Gasteiger partial charge in [-0.2, -0.15) is 4.98 Å². The Labute approximate surface area is 84.3 Å². The number of aromatic nitrogens is 2. The fraction of sp³-hybridized carbons (Fsp3) is 0.778. The molecule has 0 aromatic carbocycles. The molecule has 0 fully saturated rings. The molecule has 0 saturated heterocycles. The fourth-order valence-corrected chi connectivity index (χ4v) is 1.04. The van der Waals surface area contributed by atoms with Crippen molar-refractivity contribution in [3.63, 3.8) is 0 Å². The molecule has 0 aliphatic carbocycles. The summed E-state index contributed by atoms with van der Waals surface area (Å²) in [6, 6.07) is -0.168. The second kappa shape index (κ2) is 4.52. The van der Waals surface area contributed by atoms with Gasteiger partial charge in [-0.3, -0.25) is 0 Å². The van der Waals surface area contributed by atoms with Crippen LogP contribution < -0.4 is 5.73 Å². The topological polar surface area (TPSA) is 68.2 Å². The van der Waals surface area contributed by atoms with Crippen molar-refractivity contribution in [3.8, 4) is 0 Å². The molecule has 1 atom stereocenters. The lowest BCUT2D eigenvalue weighted by Crippen LogP contribution is -2.17. The van der Waals surface area contributed by atoms with Gasteiger partial charge in [0.2, 0.25) is 5.89 Å². The van der Waals surface area contributed by atoms with E-state index in [1.54, 1.807) is 0 Å². The molecule has 0 amide bonds. The number of hydrogen-bond donors (Lipinski definition) is 1. The Morgan fingerprint density at radius 3 is 2.57 bits per heavy atom. The molecule has 5 heteroatoms. The van der Waals surface area contributed by atoms with Crippen molar-refractivity contribution < 1.29 is 4.52 Å². The van der Waals surface area contributed by atoms with Crippen LogP contribution in [0.2, 0.25) is 0 Å². The van der Waals surface area contributed by atoms with Crippen LogP contribution in [-0.2, 0) is 6.54 Å². The Hall–Kier alpha value is -0.940. The maximum absolute atomic E-state index is 5.87. The zero-order valence-corrected chi connectivity index (χ0v) is 9.19. The van der Waals surface area contributed by atoms with Gasteiger partial charge in [0, 0.05) is 0 Å². The average molecular weight is 198 g/mol. The maximum Gasteiger partial charge on any atom is 0.243 e. The second-order valence-corrected chi connectivity index (χ2v) is 4.06. The smallest absolute Gasteiger partial charge is 0.243 e. The molecule has 14 heavy (non-hydrogen) atoms. The van der Waals surface area contributed by atoms with E-state index in [-0.39, 0.29) is 6.04 Å². The van der Waals surface area contributed by atoms with Gasteiger partial charge in [0.15, 0.2) is 5.82 Å². The zero-order valence-electron chi connectivity index (χ0n) is 9.19. The first kappa shape index (κ1) is 11.1. The van der Waals surface area contributed by atoms with Crippen LogP contribution in [0.3, 0.4) is 0 Å². The van der Waals surface area contributed by atoms with Gasteiger partial charge in [-0.15, -0.1) is 0 Å². The molecule has 0 aliphatic rings. The minimum absolute atomic E-state index is 0.168. The van der Waals surface area contributed by atoms with Crippen molar-refractivity contribution in [3.05, 3.63) is 11.7 Å². The monoisotopic (exact) mass is 198 g/mol. The van der Waals surface area contributed by atoms with Crippen LogP contribution >= 0.6 is 0 Å². The van der Waals surface area contributed by atoms with Crippen LogP contribution in [0.4, 0.5) is 0 Å². The highest BCUT2D eigenvalue weighted by Crippen LogP contribution is 2.16. The lowest BCUT2D eigenvalue weighted by atomic mass is 10.1. The molecule has 0 radical (unpaired) electrons. The average Bonchev–Trinajstić information content (AvgIpc) is 2.50. The molecule has 0 spiro atoms. The van der Waals surface area contributed by atoms with Gasteiger partial charge in [0.1, 0.15) is 0 Å². The lowest BCUT2D eigenvalue weighted by Gasteiger charge is -2.09. The van der Waals surface area contributed by atoms with E-state index in [0.29, 0.717) is 24.2 Å². The van der Waals surface area contributed by atoms with Crippen molar-refractivity contribution in [2.45, 2.75) is 26.4 Å². The van der Waals surface area contributed by atoms with E-state index in [0.717, 1.165) is 0 Å². The van der Waals surface area contributed by atoms with E-state index >= 15 is 0 Å². The first-order valence-electron chi connectivity index (χ1n) is 4.73. The highest BCUT2D eigenvalue weighted by Gasteiger charge is 2.17. The first-order valence-corrected chi connectivity index (χ1v) is 4.73. The quantitative estimate of drug-likeness (QED) is 0.774. The standard InChI is InChI=1S/C9H18N4O/c1-6(2)8(10)9-11-7(12-14-9)5-13(3)4/h6,8H,5,10H2,1-4H3/t8-/m1/s1. The Balaban J connectivity index is 2.67. The van der Waals surface area contributed by atoms with Gasteiger partial charge < -0.3 is 15.2 Å². The Morgan fingerprint density at radius 1 is 1.43 bits per heavy atom. The van der Waals surface area contributed by atoms with Crippen LogP contribution in [0.25, 0.3) is 0 Å². The predicted octanol–water partition coefficient (Wildman–Crippen LogP) is 0.787. The van der Waals surface area contributed by atoms with E-state index in [2.05, 4.69) is 10.1 Å². The minimum Gasteiger partial charge on any atom is -0.338 e. The first-order chi connectivity index (χ1) is 6.50. The highest BCUT2D eigenvalue weighted by molar-refractivity contribution is 4.92. The van der Waals surface area contributed by atoms with Crippen LogP contribution in [0.15, 0.2) is 4.52 Å². The van der Waals surface area contributed by atoms with Gasteiger partial charge in [-0.1, -0.05) is 19.0 Å². The summed E-state index contributed by atoms with van der Waals surface area (Å²) >= 11 is 0. The van der Waals surface area contributed by atoms with Crippen molar-refractivity contribution in [2.75, 3.05) is 14.1 Å². The van der Waals surface area contributed by atoms with Gasteiger partial charge >= 0.3 is 0 Å². The summed E-state index contributed by atoms with van der Waals surface area (Å²) in [7, 11) is 3.91. The second-order valence-electron chi connectivity index (χ2n) is 4.06. The molecule has 1 aromatic heterocycles. The number of nitrogens with two attached hydrogens (primary N) is 1. The molecule has 0 aliphatic heterocycles. The molecule has 0 saturated carbocycles. The van der Waals surface area contributed by atoms with Crippen LogP contribution in [-0.4, -0.2) is 29.1 Å².